The molecule has 2 aromatic rings. The molecule has 0 aliphatic carbocycles. The summed E-state index contributed by atoms with van der Waals surface area (Å²) in [4.78, 5) is 14.6. The molecule has 6 nitrogen and oxygen atoms in total. The molecule has 5 N–H and O–H groups in total. The zero-order valence-corrected chi connectivity index (χ0v) is 13.0. The highest BCUT2D eigenvalue weighted by atomic mass is 79.9. The van der Waals surface area contributed by atoms with Gasteiger partial charge in [-0.15, -0.1) is 0 Å². The van der Waals surface area contributed by atoms with Gasteiger partial charge in [0.2, 0.25) is 0 Å². The Morgan fingerprint density at radius 2 is 2.19 bits per heavy atom. The Labute approximate surface area is 129 Å². The van der Waals surface area contributed by atoms with Gasteiger partial charge in [0.15, 0.2) is 12.6 Å². The topological polar surface area (TPSA) is 103 Å². The zero-order chi connectivity index (χ0) is 15.1. The minimum absolute atomic E-state index is 0.197. The number of nitrogens with one attached hydrogen (secondary N) is 1. The van der Waals surface area contributed by atoms with Crippen molar-refractivity contribution in [2.24, 2.45) is 11.5 Å². The van der Waals surface area contributed by atoms with Crippen LogP contribution in [0.15, 0.2) is 22.8 Å². The number of rotatable bonds is 4. The summed E-state index contributed by atoms with van der Waals surface area (Å²) >= 11 is 3.50. The number of nitrogens with two attached hydrogens (primary N) is 2. The first-order valence-corrected chi connectivity index (χ1v) is 7.41. The summed E-state index contributed by atoms with van der Waals surface area (Å²) in [6, 6.07) is 3.22. The van der Waals surface area contributed by atoms with Crippen molar-refractivity contribution in [1.29, 1.82) is 0 Å². The quantitative estimate of drug-likeness (QED) is 0.776. The largest absolute Gasteiger partial charge is 0.366 e. The first-order chi connectivity index (χ1) is 9.97. The van der Waals surface area contributed by atoms with E-state index in [1.807, 2.05) is 19.2 Å². The van der Waals surface area contributed by atoms with Gasteiger partial charge in [0, 0.05) is 16.1 Å². The zero-order valence-electron chi connectivity index (χ0n) is 11.4. The van der Waals surface area contributed by atoms with Gasteiger partial charge in [0.1, 0.15) is 0 Å². The number of hydrogen-bond acceptors (Lipinski definition) is 4. The van der Waals surface area contributed by atoms with E-state index in [0.29, 0.717) is 17.5 Å². The van der Waals surface area contributed by atoms with Crippen molar-refractivity contribution in [3.63, 3.8) is 0 Å². The van der Waals surface area contributed by atoms with E-state index >= 15 is 0 Å². The predicted molar refractivity (Wildman–Crippen MR) is 81.6 cm³/mol. The first kappa shape index (κ1) is 14.5. The molecule has 0 radical (unpaired) electrons. The van der Waals surface area contributed by atoms with Crippen LogP contribution in [0.2, 0.25) is 0 Å². The van der Waals surface area contributed by atoms with Gasteiger partial charge in [-0.2, -0.15) is 0 Å². The van der Waals surface area contributed by atoms with Crippen LogP contribution in [0.5, 0.6) is 0 Å². The van der Waals surface area contributed by atoms with Gasteiger partial charge >= 0.3 is 0 Å². The number of fused-ring (bicyclic) bond motifs is 1. The fourth-order valence-electron chi connectivity index (χ4n) is 2.58. The van der Waals surface area contributed by atoms with Crippen molar-refractivity contribution in [2.45, 2.75) is 32.0 Å². The fraction of sp³-hybridized carbons (Fsp3) is 0.357. The number of ether oxygens (including phenoxy) is 2. The maximum Gasteiger partial charge on any atom is 0.250 e. The molecule has 1 aliphatic heterocycles. The molecule has 1 unspecified atom stereocenters. The Bertz CT molecular complexity index is 694. The van der Waals surface area contributed by atoms with Crippen molar-refractivity contribution in [2.75, 3.05) is 0 Å². The number of carbonyl (C=O) groups excluding carboxylic acids is 1. The first-order valence-electron chi connectivity index (χ1n) is 6.62. The molecule has 0 bridgehead atoms. The molecule has 1 fully saturated rings. The summed E-state index contributed by atoms with van der Waals surface area (Å²) in [5.74, 6) is -0.468. The number of benzene rings is 1. The monoisotopic (exact) mass is 353 g/mol. The molecule has 1 amide bonds. The fourth-order valence-corrected chi connectivity index (χ4v) is 3.16. The van der Waals surface area contributed by atoms with Crippen LogP contribution in [0.3, 0.4) is 0 Å². The highest BCUT2D eigenvalue weighted by Gasteiger charge is 2.33. The van der Waals surface area contributed by atoms with E-state index in [-0.39, 0.29) is 18.6 Å². The van der Waals surface area contributed by atoms with Crippen LogP contribution in [0.25, 0.3) is 10.9 Å². The molecule has 3 rings (SSSR count). The van der Waals surface area contributed by atoms with Crippen LogP contribution in [0.1, 0.15) is 22.8 Å². The van der Waals surface area contributed by atoms with Crippen LogP contribution < -0.4 is 11.5 Å². The Morgan fingerprint density at radius 1 is 1.48 bits per heavy atom. The molecule has 112 valence electrons. The van der Waals surface area contributed by atoms with E-state index < -0.39 is 5.91 Å². The molecule has 1 aromatic heterocycles. The number of hydrogen-bond donors (Lipinski definition) is 3. The van der Waals surface area contributed by atoms with Gasteiger partial charge in [-0.1, -0.05) is 15.9 Å². The summed E-state index contributed by atoms with van der Waals surface area (Å²) in [6.45, 7) is 1.82. The number of aromatic amines is 1. The molecule has 0 spiro atoms. The Kier molecular flexibility index (Phi) is 3.75. The summed E-state index contributed by atoms with van der Waals surface area (Å²) in [6.07, 6.45) is 1.82. The molecule has 7 heteroatoms. The van der Waals surface area contributed by atoms with E-state index in [4.69, 9.17) is 20.9 Å². The molecular weight excluding hydrogens is 338 g/mol. The molecule has 2 heterocycles. The molecule has 0 saturated carbocycles. The molecular formula is C14H16BrN3O3. The summed E-state index contributed by atoms with van der Waals surface area (Å²) in [5.41, 5.74) is 13.6. The number of amides is 1. The van der Waals surface area contributed by atoms with Crippen LogP contribution in [-0.2, 0) is 15.9 Å². The lowest BCUT2D eigenvalue weighted by Crippen LogP contribution is -2.51. The predicted octanol–water partition coefficient (Wildman–Crippen LogP) is 1.62. The van der Waals surface area contributed by atoms with E-state index in [9.17, 15) is 4.79 Å². The van der Waals surface area contributed by atoms with Crippen molar-refractivity contribution in [1.82, 2.24) is 4.98 Å². The van der Waals surface area contributed by atoms with Gasteiger partial charge in [-0.25, -0.2) is 0 Å². The second-order valence-corrected chi connectivity index (χ2v) is 5.95. The van der Waals surface area contributed by atoms with Crippen molar-refractivity contribution in [3.8, 4) is 0 Å². The molecule has 1 aromatic carbocycles. The van der Waals surface area contributed by atoms with Crippen molar-refractivity contribution in [3.05, 3.63) is 33.9 Å². The highest BCUT2D eigenvalue weighted by molar-refractivity contribution is 9.10. The highest BCUT2D eigenvalue weighted by Crippen LogP contribution is 2.31. The van der Waals surface area contributed by atoms with Gasteiger partial charge in [-0.05, 0) is 31.0 Å². The Hall–Kier alpha value is -1.41. The second-order valence-electron chi connectivity index (χ2n) is 5.10. The maximum absolute atomic E-state index is 11.5. The van der Waals surface area contributed by atoms with Crippen LogP contribution >= 0.6 is 15.9 Å². The van der Waals surface area contributed by atoms with Crippen molar-refractivity contribution >= 4 is 32.7 Å². The van der Waals surface area contributed by atoms with Gasteiger partial charge in [0.05, 0.1) is 17.1 Å². The average molecular weight is 354 g/mol. The smallest absolute Gasteiger partial charge is 0.250 e. The van der Waals surface area contributed by atoms with Crippen molar-refractivity contribution < 1.29 is 14.3 Å². The Balaban J connectivity index is 1.93. The normalized spacial score (nSPS) is 23.0. The third-order valence-electron chi connectivity index (χ3n) is 3.59. The number of H-pyrrole nitrogens is 1. The third kappa shape index (κ3) is 2.57. The van der Waals surface area contributed by atoms with Gasteiger partial charge in [0.25, 0.3) is 5.91 Å². The minimum Gasteiger partial charge on any atom is -0.366 e. The number of aromatic nitrogens is 1. The lowest BCUT2D eigenvalue weighted by Gasteiger charge is -2.37. The van der Waals surface area contributed by atoms with Gasteiger partial charge < -0.3 is 25.9 Å². The lowest BCUT2D eigenvalue weighted by atomic mass is 10.0. The summed E-state index contributed by atoms with van der Waals surface area (Å²) in [7, 11) is 0. The van der Waals surface area contributed by atoms with E-state index in [1.165, 1.54) is 0 Å². The average Bonchev–Trinajstić information content (AvgIpc) is 2.79. The van der Waals surface area contributed by atoms with Crippen LogP contribution in [0.4, 0.5) is 0 Å². The number of primary amides is 1. The van der Waals surface area contributed by atoms with E-state index in [0.717, 1.165) is 15.4 Å². The molecule has 1 aliphatic rings. The molecule has 1 atom stereocenters. The number of halogens is 1. The van der Waals surface area contributed by atoms with E-state index in [2.05, 4.69) is 20.9 Å². The third-order valence-corrected chi connectivity index (χ3v) is 4.25. The van der Waals surface area contributed by atoms with E-state index in [1.54, 1.807) is 6.07 Å². The maximum atomic E-state index is 11.5. The summed E-state index contributed by atoms with van der Waals surface area (Å²) < 4.78 is 11.7. The van der Waals surface area contributed by atoms with Gasteiger partial charge in [-0.3, -0.25) is 4.79 Å². The SMILES string of the molecule is CC1OC(C(N)Cc2c[nH]c3c(C(N)=O)ccc(Br)c23)O1. The minimum atomic E-state index is -0.468. The molecule has 21 heavy (non-hydrogen) atoms. The standard InChI is InChI=1S/C14H16BrN3O3/c1-6-20-14(21-6)10(16)4-7-5-18-12-8(13(17)19)2-3-9(15)11(7)12/h2-3,5-6,10,14,18H,4,16H2,1H3,(H2,17,19). The Morgan fingerprint density at radius 3 is 2.81 bits per heavy atom. The van der Waals surface area contributed by atoms with Crippen LogP contribution in [-0.4, -0.2) is 29.5 Å². The molecule has 1 saturated heterocycles. The van der Waals surface area contributed by atoms with Crippen LogP contribution in [0, 0.1) is 0 Å². The summed E-state index contributed by atoms with van der Waals surface area (Å²) in [5, 5.41) is 0.911. The lowest BCUT2D eigenvalue weighted by molar-refractivity contribution is -0.381. The second kappa shape index (κ2) is 5.42. The number of carbonyl (C=O) groups is 1.